The van der Waals surface area contributed by atoms with Gasteiger partial charge in [0.2, 0.25) is 11.0 Å². The van der Waals surface area contributed by atoms with Gasteiger partial charge in [0.25, 0.3) is 0 Å². The highest BCUT2D eigenvalue weighted by Crippen LogP contribution is 2.43. The molecule has 128 valence electrons. The molecule has 0 unspecified atom stereocenters. The molecule has 0 aliphatic carbocycles. The Hall–Kier alpha value is -1.84. The normalized spacial score (nSPS) is 12.7. The molecule has 2 heterocycles. The summed E-state index contributed by atoms with van der Waals surface area (Å²) in [5.74, 6) is 0.456. The Kier molecular flexibility index (Phi) is 5.68. The number of amides is 1. The standard InChI is InChI=1S/C14H14ClN5O2S.BrH/c1-7(21)20-2-3-22-12-9(4-8(15)5-11(12)20)10-6-23-14(18-10)19-13(16)17;/h4-6H,2-3H2,1H3,(H4,16,17,18,19);1H. The van der Waals surface area contributed by atoms with Gasteiger partial charge in [-0.05, 0) is 12.1 Å². The van der Waals surface area contributed by atoms with Crippen LogP contribution in [0.25, 0.3) is 11.3 Å². The average Bonchev–Trinajstić information content (AvgIpc) is 2.93. The van der Waals surface area contributed by atoms with Crippen LogP contribution in [0.15, 0.2) is 22.5 Å². The number of thiazole rings is 1. The van der Waals surface area contributed by atoms with Gasteiger partial charge in [-0.1, -0.05) is 11.6 Å². The summed E-state index contributed by atoms with van der Waals surface area (Å²) in [4.78, 5) is 21.7. The number of carbonyl (C=O) groups is 1. The first kappa shape index (κ1) is 18.5. The van der Waals surface area contributed by atoms with Crippen molar-refractivity contribution in [2.75, 3.05) is 18.1 Å². The number of ether oxygens (including phenoxy) is 1. The maximum absolute atomic E-state index is 11.8. The molecule has 0 saturated carbocycles. The van der Waals surface area contributed by atoms with Crippen LogP contribution in [0.2, 0.25) is 5.02 Å². The van der Waals surface area contributed by atoms with Crippen LogP contribution in [0.5, 0.6) is 5.75 Å². The van der Waals surface area contributed by atoms with Crippen LogP contribution in [0.4, 0.5) is 10.8 Å². The highest BCUT2D eigenvalue weighted by molar-refractivity contribution is 8.93. The lowest BCUT2D eigenvalue weighted by atomic mass is 10.1. The van der Waals surface area contributed by atoms with Crippen molar-refractivity contribution in [3.05, 3.63) is 22.5 Å². The van der Waals surface area contributed by atoms with E-state index in [1.165, 1.54) is 18.3 Å². The minimum absolute atomic E-state index is 0. The molecule has 0 fully saturated rings. The summed E-state index contributed by atoms with van der Waals surface area (Å²) in [6.07, 6.45) is 0. The summed E-state index contributed by atoms with van der Waals surface area (Å²) >= 11 is 7.51. The fraction of sp³-hybridized carbons (Fsp3) is 0.214. The van der Waals surface area contributed by atoms with E-state index in [-0.39, 0.29) is 28.8 Å². The third-order valence-corrected chi connectivity index (χ3v) is 4.21. The summed E-state index contributed by atoms with van der Waals surface area (Å²) in [5.41, 5.74) is 12.7. The molecular formula is C14H15BrClN5O2S. The first-order valence-electron chi connectivity index (χ1n) is 6.75. The predicted octanol–water partition coefficient (Wildman–Crippen LogP) is 2.69. The van der Waals surface area contributed by atoms with Crippen LogP contribution in [0, 0.1) is 0 Å². The average molecular weight is 433 g/mol. The zero-order valence-electron chi connectivity index (χ0n) is 12.7. The van der Waals surface area contributed by atoms with Gasteiger partial charge >= 0.3 is 0 Å². The molecule has 1 aliphatic rings. The molecule has 0 bridgehead atoms. The quantitative estimate of drug-likeness (QED) is 0.560. The van der Waals surface area contributed by atoms with Gasteiger partial charge in [0.1, 0.15) is 6.61 Å². The van der Waals surface area contributed by atoms with Crippen molar-refractivity contribution < 1.29 is 9.53 Å². The number of rotatable bonds is 2. The topological polar surface area (TPSA) is 107 Å². The number of aromatic nitrogens is 1. The highest BCUT2D eigenvalue weighted by atomic mass is 79.9. The van der Waals surface area contributed by atoms with Gasteiger partial charge in [0.05, 0.1) is 17.9 Å². The molecule has 4 N–H and O–H groups in total. The maximum Gasteiger partial charge on any atom is 0.224 e. The number of aliphatic imine (C=N–C) groups is 1. The molecule has 10 heteroatoms. The number of halogens is 2. The summed E-state index contributed by atoms with van der Waals surface area (Å²) in [5, 5.41) is 2.74. The Morgan fingerprint density at radius 1 is 1.46 bits per heavy atom. The molecule has 2 aromatic rings. The fourth-order valence-electron chi connectivity index (χ4n) is 2.36. The smallest absolute Gasteiger partial charge is 0.224 e. The zero-order chi connectivity index (χ0) is 16.6. The van der Waals surface area contributed by atoms with Gasteiger partial charge in [0, 0.05) is 22.9 Å². The Morgan fingerprint density at radius 2 is 2.21 bits per heavy atom. The van der Waals surface area contributed by atoms with Crippen LogP contribution in [0.1, 0.15) is 6.92 Å². The zero-order valence-corrected chi connectivity index (χ0v) is 15.9. The van der Waals surface area contributed by atoms with Gasteiger partial charge in [-0.15, -0.1) is 28.3 Å². The summed E-state index contributed by atoms with van der Waals surface area (Å²) < 4.78 is 5.76. The van der Waals surface area contributed by atoms with E-state index in [9.17, 15) is 4.79 Å². The molecule has 1 amide bonds. The lowest BCUT2D eigenvalue weighted by Gasteiger charge is -2.30. The number of anilines is 1. The van der Waals surface area contributed by atoms with Crippen LogP contribution in [0.3, 0.4) is 0 Å². The van der Waals surface area contributed by atoms with E-state index in [4.69, 9.17) is 27.8 Å². The van der Waals surface area contributed by atoms with Gasteiger partial charge in [0.15, 0.2) is 11.7 Å². The monoisotopic (exact) mass is 431 g/mol. The highest BCUT2D eigenvalue weighted by Gasteiger charge is 2.26. The molecule has 1 aromatic carbocycles. The first-order chi connectivity index (χ1) is 11.0. The SMILES string of the molecule is Br.CC(=O)N1CCOc2c(-c3csc(N=C(N)N)n3)cc(Cl)cc21. The van der Waals surface area contributed by atoms with E-state index in [2.05, 4.69) is 9.98 Å². The molecule has 1 aliphatic heterocycles. The summed E-state index contributed by atoms with van der Waals surface area (Å²) in [6, 6.07) is 3.46. The van der Waals surface area contributed by atoms with Crippen molar-refractivity contribution in [3.63, 3.8) is 0 Å². The van der Waals surface area contributed by atoms with E-state index in [1.807, 2.05) is 5.38 Å². The third-order valence-electron chi connectivity index (χ3n) is 3.26. The number of benzene rings is 1. The van der Waals surface area contributed by atoms with Crippen molar-refractivity contribution in [3.8, 4) is 17.0 Å². The number of nitrogens with zero attached hydrogens (tertiary/aromatic N) is 3. The molecule has 3 rings (SSSR count). The second-order valence-electron chi connectivity index (χ2n) is 4.87. The summed E-state index contributed by atoms with van der Waals surface area (Å²) in [6.45, 7) is 2.40. The Bertz CT molecular complexity index is 806. The van der Waals surface area contributed by atoms with Crippen molar-refractivity contribution in [1.29, 1.82) is 0 Å². The minimum Gasteiger partial charge on any atom is -0.489 e. The van der Waals surface area contributed by atoms with E-state index in [0.717, 1.165) is 0 Å². The number of nitrogens with two attached hydrogens (primary N) is 2. The van der Waals surface area contributed by atoms with Crippen LogP contribution < -0.4 is 21.1 Å². The maximum atomic E-state index is 11.8. The van der Waals surface area contributed by atoms with E-state index in [1.54, 1.807) is 17.0 Å². The molecule has 0 atom stereocenters. The molecule has 1 aromatic heterocycles. The molecule has 0 radical (unpaired) electrons. The predicted molar refractivity (Wildman–Crippen MR) is 102 cm³/mol. The van der Waals surface area contributed by atoms with Gasteiger partial charge in [-0.2, -0.15) is 4.99 Å². The van der Waals surface area contributed by atoms with E-state index >= 15 is 0 Å². The first-order valence-corrected chi connectivity index (χ1v) is 8.01. The second kappa shape index (κ2) is 7.37. The largest absolute Gasteiger partial charge is 0.489 e. The van der Waals surface area contributed by atoms with Crippen molar-refractivity contribution in [2.45, 2.75) is 6.92 Å². The molecule has 24 heavy (non-hydrogen) atoms. The van der Waals surface area contributed by atoms with Crippen LogP contribution in [-0.2, 0) is 4.79 Å². The van der Waals surface area contributed by atoms with Crippen LogP contribution in [-0.4, -0.2) is 30.0 Å². The molecule has 0 spiro atoms. The lowest BCUT2D eigenvalue weighted by Crippen LogP contribution is -2.36. The Labute approximate surface area is 158 Å². The van der Waals surface area contributed by atoms with Crippen molar-refractivity contribution in [1.82, 2.24) is 4.98 Å². The number of fused-ring (bicyclic) bond motifs is 1. The minimum atomic E-state index is -0.0674. The molecule has 7 nitrogen and oxygen atoms in total. The molecule has 0 saturated heterocycles. The Balaban J connectivity index is 0.00000208. The molecular weight excluding hydrogens is 418 g/mol. The van der Waals surface area contributed by atoms with Crippen LogP contribution >= 0.6 is 39.9 Å². The fourth-order valence-corrected chi connectivity index (χ4v) is 3.28. The lowest BCUT2D eigenvalue weighted by molar-refractivity contribution is -0.116. The van der Waals surface area contributed by atoms with Gasteiger partial charge in [-0.3, -0.25) is 4.79 Å². The number of guanidine groups is 1. The number of carbonyl (C=O) groups excluding carboxylic acids is 1. The van der Waals surface area contributed by atoms with Gasteiger partial charge in [-0.25, -0.2) is 4.98 Å². The van der Waals surface area contributed by atoms with Crippen molar-refractivity contribution in [2.24, 2.45) is 16.5 Å². The third kappa shape index (κ3) is 3.63. The number of hydrogen-bond acceptors (Lipinski definition) is 5. The van der Waals surface area contributed by atoms with Crippen molar-refractivity contribution >= 4 is 62.6 Å². The summed E-state index contributed by atoms with van der Waals surface area (Å²) in [7, 11) is 0. The second-order valence-corrected chi connectivity index (χ2v) is 6.15. The van der Waals surface area contributed by atoms with Gasteiger partial charge < -0.3 is 21.1 Å². The van der Waals surface area contributed by atoms with E-state index < -0.39 is 0 Å². The Morgan fingerprint density at radius 3 is 2.88 bits per heavy atom. The van der Waals surface area contributed by atoms with E-state index in [0.29, 0.717) is 46.0 Å². The number of hydrogen-bond donors (Lipinski definition) is 2.